The minimum Gasteiger partial charge on any atom is -0.357 e. The van der Waals surface area contributed by atoms with Gasteiger partial charge in [-0.25, -0.2) is 4.98 Å². The molecule has 0 aromatic carbocycles. The molecule has 8 heteroatoms. The van der Waals surface area contributed by atoms with Crippen LogP contribution in [0.3, 0.4) is 0 Å². The minimum absolute atomic E-state index is 0.393. The standard InChI is InChI=1S/C15H18F3N5/c16-15(17,18)11-1-2-14(20-9-11)23-7-4-12(5-8-23)19-10-13-3-6-21-22-13/h1-3,6,9,12,19H,4-5,7-8,10H2,(H,21,22). The third-order valence-corrected chi connectivity index (χ3v) is 4.03. The van der Waals surface area contributed by atoms with E-state index in [4.69, 9.17) is 0 Å². The quantitative estimate of drug-likeness (QED) is 0.907. The van der Waals surface area contributed by atoms with Crippen LogP contribution in [0.25, 0.3) is 0 Å². The molecule has 1 saturated heterocycles. The van der Waals surface area contributed by atoms with E-state index in [1.165, 1.54) is 6.07 Å². The second-order valence-corrected chi connectivity index (χ2v) is 5.63. The van der Waals surface area contributed by atoms with Crippen LogP contribution in [0.1, 0.15) is 24.1 Å². The number of pyridine rings is 1. The maximum absolute atomic E-state index is 12.5. The highest BCUT2D eigenvalue weighted by Gasteiger charge is 2.31. The van der Waals surface area contributed by atoms with Gasteiger partial charge in [0.15, 0.2) is 0 Å². The fraction of sp³-hybridized carbons (Fsp3) is 0.467. The van der Waals surface area contributed by atoms with Crippen molar-refractivity contribution in [1.82, 2.24) is 20.5 Å². The number of nitrogens with one attached hydrogen (secondary N) is 2. The van der Waals surface area contributed by atoms with E-state index in [0.29, 0.717) is 11.9 Å². The van der Waals surface area contributed by atoms with Crippen LogP contribution in [0.15, 0.2) is 30.6 Å². The summed E-state index contributed by atoms with van der Waals surface area (Å²) in [6, 6.07) is 4.85. The molecule has 0 atom stereocenters. The first kappa shape index (κ1) is 15.8. The van der Waals surface area contributed by atoms with Crippen molar-refractivity contribution in [1.29, 1.82) is 0 Å². The molecule has 0 aliphatic carbocycles. The molecule has 0 amide bonds. The van der Waals surface area contributed by atoms with Gasteiger partial charge in [0.05, 0.1) is 5.56 Å². The molecule has 2 N–H and O–H groups in total. The molecule has 2 aromatic heterocycles. The van der Waals surface area contributed by atoms with E-state index in [9.17, 15) is 13.2 Å². The molecule has 1 aliphatic rings. The molecule has 0 saturated carbocycles. The van der Waals surface area contributed by atoms with Crippen molar-refractivity contribution in [2.75, 3.05) is 18.0 Å². The SMILES string of the molecule is FC(F)(F)c1ccc(N2CCC(NCc3ccn[nH]3)CC2)nc1. The van der Waals surface area contributed by atoms with Crippen molar-refractivity contribution in [2.24, 2.45) is 0 Å². The summed E-state index contributed by atoms with van der Waals surface area (Å²) in [5.41, 5.74) is 0.328. The van der Waals surface area contributed by atoms with E-state index in [-0.39, 0.29) is 0 Å². The summed E-state index contributed by atoms with van der Waals surface area (Å²) in [5.74, 6) is 0.602. The van der Waals surface area contributed by atoms with E-state index in [1.54, 1.807) is 6.20 Å². The van der Waals surface area contributed by atoms with Gasteiger partial charge in [-0.3, -0.25) is 5.10 Å². The van der Waals surface area contributed by atoms with Gasteiger partial charge < -0.3 is 10.2 Å². The Hall–Kier alpha value is -2.09. The Morgan fingerprint density at radius 2 is 2.00 bits per heavy atom. The van der Waals surface area contributed by atoms with Gasteiger partial charge in [0.1, 0.15) is 5.82 Å². The van der Waals surface area contributed by atoms with Gasteiger partial charge in [-0.2, -0.15) is 18.3 Å². The smallest absolute Gasteiger partial charge is 0.357 e. The Morgan fingerprint density at radius 1 is 1.22 bits per heavy atom. The summed E-state index contributed by atoms with van der Waals surface area (Å²) in [6.45, 7) is 2.29. The van der Waals surface area contributed by atoms with Crippen LogP contribution >= 0.6 is 0 Å². The Bertz CT molecular complexity index is 601. The van der Waals surface area contributed by atoms with E-state index in [2.05, 4.69) is 20.5 Å². The van der Waals surface area contributed by atoms with Crippen molar-refractivity contribution >= 4 is 5.82 Å². The van der Waals surface area contributed by atoms with Crippen LogP contribution in [-0.4, -0.2) is 34.3 Å². The number of aromatic nitrogens is 3. The molecular weight excluding hydrogens is 307 g/mol. The molecule has 0 bridgehead atoms. The van der Waals surface area contributed by atoms with Crippen LogP contribution in [0.2, 0.25) is 0 Å². The summed E-state index contributed by atoms with van der Waals surface area (Å²) in [6.07, 6.45) is 0.136. The molecule has 23 heavy (non-hydrogen) atoms. The Kier molecular flexibility index (Phi) is 4.51. The first-order chi connectivity index (χ1) is 11.0. The number of hydrogen-bond donors (Lipinski definition) is 2. The monoisotopic (exact) mass is 325 g/mol. The topological polar surface area (TPSA) is 56.8 Å². The molecule has 1 fully saturated rings. The molecule has 3 heterocycles. The summed E-state index contributed by atoms with van der Waals surface area (Å²) < 4.78 is 37.6. The summed E-state index contributed by atoms with van der Waals surface area (Å²) >= 11 is 0. The lowest BCUT2D eigenvalue weighted by Crippen LogP contribution is -2.42. The third-order valence-electron chi connectivity index (χ3n) is 4.03. The average molecular weight is 325 g/mol. The lowest BCUT2D eigenvalue weighted by Gasteiger charge is -2.33. The lowest BCUT2D eigenvalue weighted by atomic mass is 10.0. The van der Waals surface area contributed by atoms with Crippen molar-refractivity contribution in [3.63, 3.8) is 0 Å². The van der Waals surface area contributed by atoms with Crippen molar-refractivity contribution in [3.8, 4) is 0 Å². The van der Waals surface area contributed by atoms with Gasteiger partial charge in [0.25, 0.3) is 0 Å². The highest BCUT2D eigenvalue weighted by Crippen LogP contribution is 2.29. The largest absolute Gasteiger partial charge is 0.417 e. The molecule has 0 radical (unpaired) electrons. The first-order valence-corrected chi connectivity index (χ1v) is 7.52. The zero-order chi connectivity index (χ0) is 16.3. The van der Waals surface area contributed by atoms with Crippen molar-refractivity contribution in [3.05, 3.63) is 41.9 Å². The molecule has 124 valence electrons. The average Bonchev–Trinajstić information content (AvgIpc) is 3.06. The van der Waals surface area contributed by atoms with Crippen LogP contribution in [0, 0.1) is 0 Å². The molecule has 3 rings (SSSR count). The Balaban J connectivity index is 1.50. The van der Waals surface area contributed by atoms with E-state index in [1.807, 2.05) is 11.0 Å². The number of aromatic amines is 1. The molecular formula is C15H18F3N5. The Labute approximate surface area is 131 Å². The fourth-order valence-electron chi connectivity index (χ4n) is 2.69. The van der Waals surface area contributed by atoms with Gasteiger partial charge in [-0.05, 0) is 31.0 Å². The normalized spacial score (nSPS) is 16.7. The molecule has 0 unspecified atom stereocenters. The van der Waals surface area contributed by atoms with Crippen molar-refractivity contribution in [2.45, 2.75) is 31.6 Å². The number of nitrogens with zero attached hydrogens (tertiary/aromatic N) is 3. The molecule has 2 aromatic rings. The predicted octanol–water partition coefficient (Wildman–Crippen LogP) is 2.58. The second kappa shape index (κ2) is 6.57. The van der Waals surface area contributed by atoms with Gasteiger partial charge >= 0.3 is 6.18 Å². The summed E-state index contributed by atoms with van der Waals surface area (Å²) in [7, 11) is 0. The number of anilines is 1. The van der Waals surface area contributed by atoms with Gasteiger partial charge in [-0.15, -0.1) is 0 Å². The number of H-pyrrole nitrogens is 1. The van der Waals surface area contributed by atoms with Crippen molar-refractivity contribution < 1.29 is 13.2 Å². The maximum atomic E-state index is 12.5. The predicted molar refractivity (Wildman–Crippen MR) is 79.9 cm³/mol. The molecule has 0 spiro atoms. The fourth-order valence-corrected chi connectivity index (χ4v) is 2.69. The van der Waals surface area contributed by atoms with E-state index < -0.39 is 11.7 Å². The van der Waals surface area contributed by atoms with E-state index >= 15 is 0 Å². The maximum Gasteiger partial charge on any atom is 0.417 e. The summed E-state index contributed by atoms with van der Waals surface area (Å²) in [5, 5.41) is 10.3. The molecule has 5 nitrogen and oxygen atoms in total. The van der Waals surface area contributed by atoms with Crippen LogP contribution < -0.4 is 10.2 Å². The van der Waals surface area contributed by atoms with Gasteiger partial charge in [0, 0.05) is 43.8 Å². The highest BCUT2D eigenvalue weighted by atomic mass is 19.4. The first-order valence-electron chi connectivity index (χ1n) is 7.52. The van der Waals surface area contributed by atoms with Crippen LogP contribution in [-0.2, 0) is 12.7 Å². The van der Waals surface area contributed by atoms with Gasteiger partial charge in [-0.1, -0.05) is 0 Å². The number of halogens is 3. The van der Waals surface area contributed by atoms with E-state index in [0.717, 1.165) is 50.4 Å². The highest BCUT2D eigenvalue weighted by molar-refractivity contribution is 5.40. The zero-order valence-corrected chi connectivity index (χ0v) is 12.5. The zero-order valence-electron chi connectivity index (χ0n) is 12.5. The number of hydrogen-bond acceptors (Lipinski definition) is 4. The van der Waals surface area contributed by atoms with Crippen LogP contribution in [0.5, 0.6) is 0 Å². The lowest BCUT2D eigenvalue weighted by molar-refractivity contribution is -0.137. The summed E-state index contributed by atoms with van der Waals surface area (Å²) in [4.78, 5) is 5.98. The van der Waals surface area contributed by atoms with Gasteiger partial charge in [0.2, 0.25) is 0 Å². The van der Waals surface area contributed by atoms with Crippen LogP contribution in [0.4, 0.5) is 19.0 Å². The number of alkyl halides is 3. The second-order valence-electron chi connectivity index (χ2n) is 5.63. The molecule has 1 aliphatic heterocycles. The minimum atomic E-state index is -4.34. The Morgan fingerprint density at radius 3 is 2.57 bits per heavy atom. The number of piperidine rings is 1. The number of rotatable bonds is 4. The third kappa shape index (κ3) is 4.01.